The molecule has 1 aromatic heterocycles. The summed E-state index contributed by atoms with van der Waals surface area (Å²) in [4.78, 5) is 15.3. The molecule has 2 N–H and O–H groups in total. The zero-order valence-electron chi connectivity index (χ0n) is 17.6. The lowest BCUT2D eigenvalue weighted by molar-refractivity contribution is 0.0361. The molecule has 2 aromatic rings. The molecule has 1 fully saturated rings. The molecule has 1 aliphatic rings. The van der Waals surface area contributed by atoms with Crippen LogP contribution in [0.3, 0.4) is 0 Å². The van der Waals surface area contributed by atoms with Gasteiger partial charge in [-0.05, 0) is 18.4 Å². The monoisotopic (exact) mass is 404 g/mol. The lowest BCUT2D eigenvalue weighted by Crippen LogP contribution is -2.39. The maximum Gasteiger partial charge on any atom is 0.272 e. The number of fused-ring (bicyclic) bond motifs is 1. The molecule has 29 heavy (non-hydrogen) atoms. The molecule has 1 aliphatic heterocycles. The van der Waals surface area contributed by atoms with Crippen molar-refractivity contribution < 1.29 is 19.4 Å². The number of nitrogens with one attached hydrogen (secondary N) is 1. The van der Waals surface area contributed by atoms with Crippen LogP contribution in [0, 0.1) is 5.92 Å². The Bertz CT molecular complexity index is 814. The second-order valence-electron chi connectivity index (χ2n) is 7.86. The van der Waals surface area contributed by atoms with Gasteiger partial charge in [-0.25, -0.2) is 0 Å². The second kappa shape index (κ2) is 10.0. The fourth-order valence-electron chi connectivity index (χ4n) is 3.76. The maximum absolute atomic E-state index is 13.0. The number of methoxy groups -OCH3 is 1. The Morgan fingerprint density at radius 3 is 2.72 bits per heavy atom. The van der Waals surface area contributed by atoms with Crippen molar-refractivity contribution >= 4 is 16.8 Å². The number of hydrogen-bond acceptors (Lipinski definition) is 6. The molecular formula is C21H32N4O4. The molecular weight excluding hydrogens is 372 g/mol. The number of morpholine rings is 1. The Morgan fingerprint density at radius 2 is 2.07 bits per heavy atom. The van der Waals surface area contributed by atoms with E-state index in [0.717, 1.165) is 43.8 Å². The van der Waals surface area contributed by atoms with Gasteiger partial charge in [0, 0.05) is 25.0 Å². The first-order chi connectivity index (χ1) is 14.0. The van der Waals surface area contributed by atoms with E-state index in [2.05, 4.69) is 29.2 Å². The third-order valence-corrected chi connectivity index (χ3v) is 5.21. The summed E-state index contributed by atoms with van der Waals surface area (Å²) in [5, 5.41) is 17.9. The van der Waals surface area contributed by atoms with E-state index in [9.17, 15) is 9.90 Å². The minimum atomic E-state index is -0.290. The molecule has 0 radical (unpaired) electrons. The van der Waals surface area contributed by atoms with Crippen molar-refractivity contribution in [1.82, 2.24) is 20.0 Å². The predicted molar refractivity (Wildman–Crippen MR) is 111 cm³/mol. The van der Waals surface area contributed by atoms with Crippen molar-refractivity contribution in [1.29, 1.82) is 0 Å². The van der Waals surface area contributed by atoms with Crippen LogP contribution >= 0.6 is 0 Å². The molecule has 0 aliphatic carbocycles. The van der Waals surface area contributed by atoms with Crippen LogP contribution in [-0.2, 0) is 11.3 Å². The van der Waals surface area contributed by atoms with E-state index in [1.54, 1.807) is 7.11 Å². The molecule has 160 valence electrons. The molecule has 1 unspecified atom stereocenters. The Morgan fingerprint density at radius 1 is 1.31 bits per heavy atom. The lowest BCUT2D eigenvalue weighted by atomic mass is 10.0. The number of rotatable bonds is 9. The van der Waals surface area contributed by atoms with E-state index in [-0.39, 0.29) is 18.6 Å². The van der Waals surface area contributed by atoms with Crippen LogP contribution < -0.4 is 10.1 Å². The number of carbonyl (C=O) groups excluding carboxylic acids is 1. The van der Waals surface area contributed by atoms with Crippen molar-refractivity contribution in [2.24, 2.45) is 5.92 Å². The fraction of sp³-hybridized carbons (Fsp3) is 0.619. The van der Waals surface area contributed by atoms with Gasteiger partial charge in [0.05, 0.1) is 39.5 Å². The van der Waals surface area contributed by atoms with Crippen molar-refractivity contribution in [2.75, 3.05) is 46.6 Å². The Labute approximate surface area is 171 Å². The Hall–Kier alpha value is -2.16. The summed E-state index contributed by atoms with van der Waals surface area (Å²) in [5.74, 6) is 0.792. The van der Waals surface area contributed by atoms with E-state index < -0.39 is 0 Å². The highest BCUT2D eigenvalue weighted by Gasteiger charge is 2.23. The average Bonchev–Trinajstić information content (AvgIpc) is 3.11. The molecule has 2 heterocycles. The summed E-state index contributed by atoms with van der Waals surface area (Å²) in [7, 11) is 1.62. The summed E-state index contributed by atoms with van der Waals surface area (Å²) >= 11 is 0. The average molecular weight is 405 g/mol. The molecule has 1 amide bonds. The summed E-state index contributed by atoms with van der Waals surface area (Å²) in [5.41, 5.74) is 1.18. The van der Waals surface area contributed by atoms with Gasteiger partial charge in [-0.3, -0.25) is 14.4 Å². The minimum Gasteiger partial charge on any atom is -0.494 e. The zero-order valence-corrected chi connectivity index (χ0v) is 17.6. The van der Waals surface area contributed by atoms with Crippen molar-refractivity contribution in [3.63, 3.8) is 0 Å². The number of aliphatic hydroxyl groups excluding tert-OH is 1. The number of aromatic nitrogens is 2. The van der Waals surface area contributed by atoms with Crippen LogP contribution in [0.2, 0.25) is 0 Å². The van der Waals surface area contributed by atoms with Crippen molar-refractivity contribution in [3.05, 3.63) is 23.9 Å². The van der Waals surface area contributed by atoms with E-state index >= 15 is 0 Å². The molecule has 0 saturated carbocycles. The SMILES string of the molecule is COc1cccc2c(C(=O)NC(CO)CC(C)C)nn(CCN3CCOCC3)c12. The van der Waals surface area contributed by atoms with E-state index in [0.29, 0.717) is 30.3 Å². The van der Waals surface area contributed by atoms with Gasteiger partial charge in [0.1, 0.15) is 11.3 Å². The summed E-state index contributed by atoms with van der Waals surface area (Å²) in [6, 6.07) is 5.35. The first kappa shape index (κ1) is 21.5. The summed E-state index contributed by atoms with van der Waals surface area (Å²) < 4.78 is 12.8. The maximum atomic E-state index is 13.0. The lowest BCUT2D eigenvalue weighted by Gasteiger charge is -2.26. The summed E-state index contributed by atoms with van der Waals surface area (Å²) in [6.45, 7) is 8.80. The molecule has 0 spiro atoms. The number of aliphatic hydroxyl groups is 1. The number of amides is 1. The van der Waals surface area contributed by atoms with E-state index in [1.807, 2.05) is 22.9 Å². The smallest absolute Gasteiger partial charge is 0.272 e. The van der Waals surface area contributed by atoms with Gasteiger partial charge in [0.25, 0.3) is 5.91 Å². The number of carbonyl (C=O) groups is 1. The first-order valence-electron chi connectivity index (χ1n) is 10.3. The van der Waals surface area contributed by atoms with Gasteiger partial charge in [0.2, 0.25) is 0 Å². The Balaban J connectivity index is 1.86. The topological polar surface area (TPSA) is 88.8 Å². The van der Waals surface area contributed by atoms with Crippen LogP contribution in [0.5, 0.6) is 5.75 Å². The molecule has 8 heteroatoms. The predicted octanol–water partition coefficient (Wildman–Crippen LogP) is 1.51. The number of ether oxygens (including phenoxy) is 2. The molecule has 1 aromatic carbocycles. The van der Waals surface area contributed by atoms with Gasteiger partial charge < -0.3 is 19.9 Å². The molecule has 0 bridgehead atoms. The Kier molecular flexibility index (Phi) is 7.46. The van der Waals surface area contributed by atoms with Gasteiger partial charge in [-0.2, -0.15) is 5.10 Å². The quantitative estimate of drug-likeness (QED) is 0.659. The van der Waals surface area contributed by atoms with E-state index in [4.69, 9.17) is 9.47 Å². The van der Waals surface area contributed by atoms with Crippen molar-refractivity contribution in [3.8, 4) is 5.75 Å². The second-order valence-corrected chi connectivity index (χ2v) is 7.86. The van der Waals surface area contributed by atoms with Crippen LogP contribution in [0.15, 0.2) is 18.2 Å². The number of para-hydroxylation sites is 1. The standard InChI is InChI=1S/C21H32N4O4/c1-15(2)13-16(14-26)22-21(27)19-17-5-4-6-18(28-3)20(17)25(23-19)8-7-24-9-11-29-12-10-24/h4-6,15-16,26H,7-14H2,1-3H3,(H,22,27). The molecule has 8 nitrogen and oxygen atoms in total. The number of nitrogens with zero attached hydrogens (tertiary/aromatic N) is 3. The largest absolute Gasteiger partial charge is 0.494 e. The fourth-order valence-corrected chi connectivity index (χ4v) is 3.76. The van der Waals surface area contributed by atoms with Crippen LogP contribution in [0.4, 0.5) is 0 Å². The normalized spacial score (nSPS) is 16.3. The van der Waals surface area contributed by atoms with Crippen molar-refractivity contribution in [2.45, 2.75) is 32.9 Å². The van der Waals surface area contributed by atoms with Crippen LogP contribution in [0.25, 0.3) is 10.9 Å². The number of benzene rings is 1. The molecule has 3 rings (SSSR count). The minimum absolute atomic E-state index is 0.0943. The third kappa shape index (κ3) is 5.26. The highest BCUT2D eigenvalue weighted by molar-refractivity contribution is 6.06. The van der Waals surface area contributed by atoms with E-state index in [1.165, 1.54) is 0 Å². The van der Waals surface area contributed by atoms with Gasteiger partial charge in [0.15, 0.2) is 5.69 Å². The first-order valence-corrected chi connectivity index (χ1v) is 10.3. The highest BCUT2D eigenvalue weighted by Crippen LogP contribution is 2.28. The van der Waals surface area contributed by atoms with Crippen LogP contribution in [0.1, 0.15) is 30.8 Å². The van der Waals surface area contributed by atoms with Crippen LogP contribution in [-0.4, -0.2) is 78.3 Å². The van der Waals surface area contributed by atoms with Gasteiger partial charge >= 0.3 is 0 Å². The summed E-state index contributed by atoms with van der Waals surface area (Å²) in [6.07, 6.45) is 0.710. The number of hydrogen-bond donors (Lipinski definition) is 2. The highest BCUT2D eigenvalue weighted by atomic mass is 16.5. The molecule has 1 atom stereocenters. The zero-order chi connectivity index (χ0) is 20.8. The van der Waals surface area contributed by atoms with Gasteiger partial charge in [-0.15, -0.1) is 0 Å². The van der Waals surface area contributed by atoms with Gasteiger partial charge in [-0.1, -0.05) is 26.0 Å². The molecule has 1 saturated heterocycles. The third-order valence-electron chi connectivity index (χ3n) is 5.21.